The van der Waals surface area contributed by atoms with E-state index in [0.717, 1.165) is 24.9 Å². The van der Waals surface area contributed by atoms with Crippen molar-refractivity contribution in [3.63, 3.8) is 0 Å². The van der Waals surface area contributed by atoms with Crippen molar-refractivity contribution < 1.29 is 5.21 Å². The first-order valence-electron chi connectivity index (χ1n) is 6.22. The van der Waals surface area contributed by atoms with Crippen molar-refractivity contribution in [2.75, 3.05) is 7.05 Å². The largest absolute Gasteiger partial charge is 0.409 e. The van der Waals surface area contributed by atoms with E-state index in [1.54, 1.807) is 6.20 Å². The Labute approximate surface area is 108 Å². The maximum Gasteiger partial charge on any atom is 0.189 e. The fraction of sp³-hybridized carbons (Fsp3) is 0.538. The molecule has 0 saturated carbocycles. The second kappa shape index (κ2) is 6.96. The molecule has 1 atom stereocenters. The number of nitrogens with zero attached hydrogens (tertiary/aromatic N) is 3. The maximum absolute atomic E-state index is 8.75. The van der Waals surface area contributed by atoms with Gasteiger partial charge < -0.3 is 10.9 Å². The van der Waals surface area contributed by atoms with Crippen LogP contribution < -0.4 is 5.73 Å². The second-order valence-electron chi connectivity index (χ2n) is 4.55. The molecule has 0 amide bonds. The van der Waals surface area contributed by atoms with Gasteiger partial charge in [-0.3, -0.25) is 9.88 Å². The predicted octanol–water partition coefficient (Wildman–Crippen LogP) is 1.80. The normalized spacial score (nSPS) is 13.9. The lowest BCUT2D eigenvalue weighted by molar-refractivity contribution is 0.236. The van der Waals surface area contributed by atoms with Crippen molar-refractivity contribution >= 4 is 5.84 Å². The molecule has 0 aliphatic heterocycles. The molecule has 1 aromatic rings. The van der Waals surface area contributed by atoms with Gasteiger partial charge in [-0.2, -0.15) is 0 Å². The molecule has 0 radical (unpaired) electrons. The molecular formula is C13H22N4O. The first-order chi connectivity index (χ1) is 8.60. The Morgan fingerprint density at radius 2 is 2.33 bits per heavy atom. The molecule has 0 spiro atoms. The topological polar surface area (TPSA) is 74.7 Å². The van der Waals surface area contributed by atoms with E-state index in [1.807, 2.05) is 12.1 Å². The molecule has 1 aromatic heterocycles. The van der Waals surface area contributed by atoms with E-state index < -0.39 is 0 Å². The summed E-state index contributed by atoms with van der Waals surface area (Å²) in [5.74, 6) is 0.0575. The zero-order valence-corrected chi connectivity index (χ0v) is 11.3. The van der Waals surface area contributed by atoms with Crippen LogP contribution in [0.2, 0.25) is 0 Å². The molecule has 0 saturated heterocycles. The molecule has 0 aliphatic rings. The minimum absolute atomic E-state index is 0.0575. The number of pyridine rings is 1. The summed E-state index contributed by atoms with van der Waals surface area (Å²) in [5.41, 5.74) is 7.15. The van der Waals surface area contributed by atoms with Gasteiger partial charge in [-0.15, -0.1) is 0 Å². The van der Waals surface area contributed by atoms with Crippen LogP contribution >= 0.6 is 0 Å². The van der Waals surface area contributed by atoms with Crippen molar-refractivity contribution in [1.82, 2.24) is 9.88 Å². The van der Waals surface area contributed by atoms with Crippen LogP contribution in [0, 0.1) is 0 Å². The third-order valence-electron chi connectivity index (χ3n) is 3.12. The van der Waals surface area contributed by atoms with E-state index in [-0.39, 0.29) is 5.84 Å². The van der Waals surface area contributed by atoms with Crippen molar-refractivity contribution in [2.24, 2.45) is 10.9 Å². The SMILES string of the molecule is CCCC(C)N(C)Cc1cccnc1C(N)=NO. The molecule has 5 heteroatoms. The lowest BCUT2D eigenvalue weighted by Gasteiger charge is -2.25. The first-order valence-corrected chi connectivity index (χ1v) is 6.22. The zero-order valence-electron chi connectivity index (χ0n) is 11.3. The average molecular weight is 250 g/mol. The summed E-state index contributed by atoms with van der Waals surface area (Å²) in [6.07, 6.45) is 3.95. The molecule has 1 heterocycles. The third-order valence-corrected chi connectivity index (χ3v) is 3.12. The van der Waals surface area contributed by atoms with Crippen LogP contribution in [-0.4, -0.2) is 34.0 Å². The van der Waals surface area contributed by atoms with Gasteiger partial charge in [0.1, 0.15) is 5.69 Å². The van der Waals surface area contributed by atoms with Gasteiger partial charge in [-0.05, 0) is 32.0 Å². The van der Waals surface area contributed by atoms with Crippen LogP contribution in [0.4, 0.5) is 0 Å². The van der Waals surface area contributed by atoms with E-state index in [4.69, 9.17) is 10.9 Å². The molecule has 18 heavy (non-hydrogen) atoms. The molecule has 100 valence electrons. The average Bonchev–Trinajstić information content (AvgIpc) is 2.38. The zero-order chi connectivity index (χ0) is 13.5. The standard InChI is InChI=1S/C13H22N4O/c1-4-6-10(2)17(3)9-11-7-5-8-15-12(11)13(14)16-18/h5,7-8,10,18H,4,6,9H2,1-3H3,(H2,14,16). The summed E-state index contributed by atoms with van der Waals surface area (Å²) in [7, 11) is 2.07. The van der Waals surface area contributed by atoms with Crippen molar-refractivity contribution in [1.29, 1.82) is 0 Å². The van der Waals surface area contributed by atoms with Gasteiger partial charge in [0.15, 0.2) is 5.84 Å². The van der Waals surface area contributed by atoms with E-state index in [0.29, 0.717) is 11.7 Å². The highest BCUT2D eigenvalue weighted by Crippen LogP contribution is 2.12. The Balaban J connectivity index is 2.84. The van der Waals surface area contributed by atoms with Crippen LogP contribution in [-0.2, 0) is 6.54 Å². The van der Waals surface area contributed by atoms with Crippen molar-refractivity contribution in [3.05, 3.63) is 29.6 Å². The quantitative estimate of drug-likeness (QED) is 0.349. The summed E-state index contributed by atoms with van der Waals surface area (Å²) in [6, 6.07) is 4.31. The third kappa shape index (κ3) is 3.70. The molecule has 0 aliphatic carbocycles. The van der Waals surface area contributed by atoms with Gasteiger partial charge in [0.05, 0.1) is 0 Å². The minimum atomic E-state index is 0.0575. The number of hydrogen-bond donors (Lipinski definition) is 2. The van der Waals surface area contributed by atoms with Crippen LogP contribution in [0.15, 0.2) is 23.5 Å². The number of aromatic nitrogens is 1. The van der Waals surface area contributed by atoms with Gasteiger partial charge in [0, 0.05) is 18.8 Å². The number of nitrogens with two attached hydrogens (primary N) is 1. The number of hydrogen-bond acceptors (Lipinski definition) is 4. The van der Waals surface area contributed by atoms with Gasteiger partial charge >= 0.3 is 0 Å². The van der Waals surface area contributed by atoms with Gasteiger partial charge in [-0.25, -0.2) is 0 Å². The number of oxime groups is 1. The molecule has 0 fully saturated rings. The highest BCUT2D eigenvalue weighted by Gasteiger charge is 2.13. The Bertz CT molecular complexity index is 406. The van der Waals surface area contributed by atoms with Crippen LogP contribution in [0.5, 0.6) is 0 Å². The van der Waals surface area contributed by atoms with Gasteiger partial charge in [-0.1, -0.05) is 24.6 Å². The molecule has 5 nitrogen and oxygen atoms in total. The maximum atomic E-state index is 8.75. The fourth-order valence-corrected chi connectivity index (χ4v) is 1.91. The van der Waals surface area contributed by atoms with Gasteiger partial charge in [0.25, 0.3) is 0 Å². The number of rotatable bonds is 6. The molecular weight excluding hydrogens is 228 g/mol. The summed E-state index contributed by atoms with van der Waals surface area (Å²) < 4.78 is 0. The van der Waals surface area contributed by atoms with Crippen molar-refractivity contribution in [2.45, 2.75) is 39.3 Å². The second-order valence-corrected chi connectivity index (χ2v) is 4.55. The lowest BCUT2D eigenvalue weighted by Crippen LogP contribution is -2.30. The summed E-state index contributed by atoms with van der Waals surface area (Å²) >= 11 is 0. The molecule has 0 aromatic carbocycles. The smallest absolute Gasteiger partial charge is 0.189 e. The summed E-state index contributed by atoms with van der Waals surface area (Å²) in [5, 5.41) is 11.8. The van der Waals surface area contributed by atoms with Crippen molar-refractivity contribution in [3.8, 4) is 0 Å². The van der Waals surface area contributed by atoms with E-state index in [1.165, 1.54) is 0 Å². The summed E-state index contributed by atoms with van der Waals surface area (Å²) in [6.45, 7) is 5.11. The minimum Gasteiger partial charge on any atom is -0.409 e. The Hall–Kier alpha value is -1.62. The molecule has 3 N–H and O–H groups in total. The Kier molecular flexibility index (Phi) is 5.58. The van der Waals surface area contributed by atoms with Gasteiger partial charge in [0.2, 0.25) is 0 Å². The Morgan fingerprint density at radius 3 is 2.94 bits per heavy atom. The van der Waals surface area contributed by atoms with E-state index in [9.17, 15) is 0 Å². The van der Waals surface area contributed by atoms with E-state index >= 15 is 0 Å². The van der Waals surface area contributed by atoms with Crippen LogP contribution in [0.1, 0.15) is 37.9 Å². The first kappa shape index (κ1) is 14.4. The van der Waals surface area contributed by atoms with Crippen LogP contribution in [0.25, 0.3) is 0 Å². The van der Waals surface area contributed by atoms with Crippen LogP contribution in [0.3, 0.4) is 0 Å². The number of amidine groups is 1. The highest BCUT2D eigenvalue weighted by molar-refractivity contribution is 5.96. The molecule has 1 rings (SSSR count). The summed E-state index contributed by atoms with van der Waals surface area (Å²) in [4.78, 5) is 6.41. The Morgan fingerprint density at radius 1 is 1.61 bits per heavy atom. The predicted molar refractivity (Wildman–Crippen MR) is 72.6 cm³/mol. The van der Waals surface area contributed by atoms with E-state index in [2.05, 4.69) is 35.9 Å². The monoisotopic (exact) mass is 250 g/mol. The fourth-order valence-electron chi connectivity index (χ4n) is 1.91. The molecule has 1 unspecified atom stereocenters. The highest BCUT2D eigenvalue weighted by atomic mass is 16.4. The molecule has 0 bridgehead atoms. The lowest BCUT2D eigenvalue weighted by atomic mass is 10.1.